The van der Waals surface area contributed by atoms with Crippen molar-refractivity contribution in [3.05, 3.63) is 71.0 Å². The Kier molecular flexibility index (Phi) is 4.27. The van der Waals surface area contributed by atoms with E-state index < -0.39 is 0 Å². The number of nitriles is 1. The molecule has 0 fully saturated rings. The Balaban J connectivity index is 1.99. The van der Waals surface area contributed by atoms with Gasteiger partial charge in [-0.25, -0.2) is 4.39 Å². The second-order valence-corrected chi connectivity index (χ2v) is 4.43. The Morgan fingerprint density at radius 3 is 2.47 bits per heavy atom. The van der Waals surface area contributed by atoms with E-state index in [1.807, 2.05) is 25.1 Å². The van der Waals surface area contributed by atoms with Gasteiger partial charge in [0.15, 0.2) is 0 Å². The summed E-state index contributed by atoms with van der Waals surface area (Å²) in [7, 11) is 0. The average Bonchev–Trinajstić information content (AvgIpc) is 2.46. The lowest BCUT2D eigenvalue weighted by molar-refractivity contribution is 0.544. The van der Waals surface area contributed by atoms with Crippen molar-refractivity contribution >= 4 is 0 Å². The van der Waals surface area contributed by atoms with Gasteiger partial charge >= 0.3 is 0 Å². The molecule has 2 rings (SSSR count). The van der Waals surface area contributed by atoms with E-state index in [0.29, 0.717) is 17.7 Å². The number of rotatable bonds is 4. The second-order valence-electron chi connectivity index (χ2n) is 4.43. The van der Waals surface area contributed by atoms with Crippen LogP contribution in [0.4, 0.5) is 4.39 Å². The van der Waals surface area contributed by atoms with Crippen molar-refractivity contribution < 1.29 is 4.39 Å². The minimum atomic E-state index is -0.193. The molecule has 96 valence electrons. The van der Waals surface area contributed by atoms with E-state index in [0.717, 1.165) is 5.56 Å². The maximum absolute atomic E-state index is 13.5. The van der Waals surface area contributed by atoms with Crippen molar-refractivity contribution in [3.8, 4) is 6.07 Å². The first-order valence-electron chi connectivity index (χ1n) is 6.17. The minimum Gasteiger partial charge on any atom is -0.306 e. The van der Waals surface area contributed by atoms with Gasteiger partial charge in [-0.3, -0.25) is 0 Å². The summed E-state index contributed by atoms with van der Waals surface area (Å²) in [5.41, 5.74) is 2.38. The van der Waals surface area contributed by atoms with Crippen molar-refractivity contribution in [1.82, 2.24) is 5.32 Å². The summed E-state index contributed by atoms with van der Waals surface area (Å²) in [6, 6.07) is 16.3. The average molecular weight is 254 g/mol. The fraction of sp³-hybridized carbons (Fsp3) is 0.188. The van der Waals surface area contributed by atoms with Gasteiger partial charge < -0.3 is 5.32 Å². The maximum atomic E-state index is 13.5. The molecule has 2 nitrogen and oxygen atoms in total. The van der Waals surface area contributed by atoms with Crippen molar-refractivity contribution in [2.75, 3.05) is 0 Å². The molecule has 0 aliphatic heterocycles. The molecule has 19 heavy (non-hydrogen) atoms. The molecule has 0 aliphatic rings. The monoisotopic (exact) mass is 254 g/mol. The Morgan fingerprint density at radius 2 is 1.84 bits per heavy atom. The molecular formula is C16H15FN2. The highest BCUT2D eigenvalue weighted by molar-refractivity contribution is 5.32. The van der Waals surface area contributed by atoms with Crippen molar-refractivity contribution in [2.24, 2.45) is 0 Å². The fourth-order valence-corrected chi connectivity index (χ4v) is 1.87. The predicted octanol–water partition coefficient (Wildman–Crippen LogP) is 3.55. The van der Waals surface area contributed by atoms with Crippen LogP contribution in [0, 0.1) is 17.1 Å². The predicted molar refractivity (Wildman–Crippen MR) is 72.8 cm³/mol. The first kappa shape index (κ1) is 13.3. The molecule has 1 N–H and O–H groups in total. The Bertz CT molecular complexity index is 584. The first-order valence-corrected chi connectivity index (χ1v) is 6.17. The van der Waals surface area contributed by atoms with Crippen LogP contribution in [0.2, 0.25) is 0 Å². The molecule has 2 aromatic rings. The van der Waals surface area contributed by atoms with Gasteiger partial charge in [0.25, 0.3) is 0 Å². The van der Waals surface area contributed by atoms with Crippen LogP contribution < -0.4 is 5.32 Å². The summed E-state index contributed by atoms with van der Waals surface area (Å²) < 4.78 is 13.5. The van der Waals surface area contributed by atoms with Crippen LogP contribution in [0.15, 0.2) is 48.5 Å². The maximum Gasteiger partial charge on any atom is 0.127 e. The molecule has 0 aliphatic carbocycles. The number of benzene rings is 2. The van der Waals surface area contributed by atoms with E-state index in [4.69, 9.17) is 5.26 Å². The quantitative estimate of drug-likeness (QED) is 0.905. The van der Waals surface area contributed by atoms with E-state index >= 15 is 0 Å². The standard InChI is InChI=1S/C16H15FN2/c1-12(14-8-6-13(10-18)7-9-14)19-11-15-4-2-3-5-16(15)17/h2-9,12,19H,11H2,1H3. The van der Waals surface area contributed by atoms with E-state index in [1.165, 1.54) is 6.07 Å². The third-order valence-corrected chi connectivity index (χ3v) is 3.10. The molecule has 0 spiro atoms. The summed E-state index contributed by atoms with van der Waals surface area (Å²) in [5.74, 6) is -0.193. The van der Waals surface area contributed by atoms with Gasteiger partial charge in [0.1, 0.15) is 5.82 Å². The Labute approximate surface area is 112 Å². The van der Waals surface area contributed by atoms with Gasteiger partial charge in [-0.05, 0) is 30.7 Å². The lowest BCUT2D eigenvalue weighted by Crippen LogP contribution is -2.18. The lowest BCUT2D eigenvalue weighted by atomic mass is 10.1. The van der Waals surface area contributed by atoms with E-state index in [9.17, 15) is 4.39 Å². The van der Waals surface area contributed by atoms with E-state index in [1.54, 1.807) is 24.3 Å². The third kappa shape index (κ3) is 3.40. The number of hydrogen-bond acceptors (Lipinski definition) is 2. The van der Waals surface area contributed by atoms with E-state index in [2.05, 4.69) is 11.4 Å². The lowest BCUT2D eigenvalue weighted by Gasteiger charge is -2.14. The van der Waals surface area contributed by atoms with Gasteiger partial charge in [0.2, 0.25) is 0 Å². The summed E-state index contributed by atoms with van der Waals surface area (Å²) in [6.45, 7) is 2.50. The molecule has 1 unspecified atom stereocenters. The van der Waals surface area contributed by atoms with Gasteiger partial charge in [0, 0.05) is 18.2 Å². The number of nitrogens with zero attached hydrogens (tertiary/aromatic N) is 1. The normalized spacial score (nSPS) is 11.8. The highest BCUT2D eigenvalue weighted by atomic mass is 19.1. The third-order valence-electron chi connectivity index (χ3n) is 3.10. The number of hydrogen-bond donors (Lipinski definition) is 1. The molecule has 0 amide bonds. The zero-order chi connectivity index (χ0) is 13.7. The highest BCUT2D eigenvalue weighted by Crippen LogP contribution is 2.14. The molecule has 0 saturated carbocycles. The molecule has 2 aromatic carbocycles. The van der Waals surface area contributed by atoms with Crippen molar-refractivity contribution in [2.45, 2.75) is 19.5 Å². The molecule has 0 radical (unpaired) electrons. The van der Waals surface area contributed by atoms with Crippen LogP contribution in [0.5, 0.6) is 0 Å². The van der Waals surface area contributed by atoms with Crippen LogP contribution in [-0.2, 0) is 6.54 Å². The van der Waals surface area contributed by atoms with Crippen molar-refractivity contribution in [3.63, 3.8) is 0 Å². The van der Waals surface area contributed by atoms with Gasteiger partial charge in [0.05, 0.1) is 11.6 Å². The highest BCUT2D eigenvalue weighted by Gasteiger charge is 2.06. The largest absolute Gasteiger partial charge is 0.306 e. The molecular weight excluding hydrogens is 239 g/mol. The van der Waals surface area contributed by atoms with Crippen LogP contribution in [0.1, 0.15) is 29.7 Å². The molecule has 0 bridgehead atoms. The first-order chi connectivity index (χ1) is 9.20. The second kappa shape index (κ2) is 6.12. The van der Waals surface area contributed by atoms with Crippen LogP contribution in [-0.4, -0.2) is 0 Å². The smallest absolute Gasteiger partial charge is 0.127 e. The van der Waals surface area contributed by atoms with Crippen LogP contribution in [0.25, 0.3) is 0 Å². The van der Waals surface area contributed by atoms with Crippen LogP contribution in [0.3, 0.4) is 0 Å². The summed E-state index contributed by atoms with van der Waals surface area (Å²) in [6.07, 6.45) is 0. The van der Waals surface area contributed by atoms with E-state index in [-0.39, 0.29) is 11.9 Å². The molecule has 1 atom stereocenters. The zero-order valence-electron chi connectivity index (χ0n) is 10.7. The SMILES string of the molecule is CC(NCc1ccccc1F)c1ccc(C#N)cc1. The summed E-state index contributed by atoms with van der Waals surface area (Å²) in [5, 5.41) is 12.0. The van der Waals surface area contributed by atoms with Crippen molar-refractivity contribution in [1.29, 1.82) is 5.26 Å². The molecule has 0 saturated heterocycles. The fourth-order valence-electron chi connectivity index (χ4n) is 1.87. The minimum absolute atomic E-state index is 0.104. The molecule has 3 heteroatoms. The summed E-state index contributed by atoms with van der Waals surface area (Å²) in [4.78, 5) is 0. The number of halogens is 1. The Hall–Kier alpha value is -2.18. The molecule has 0 heterocycles. The zero-order valence-corrected chi connectivity index (χ0v) is 10.7. The summed E-state index contributed by atoms with van der Waals surface area (Å²) >= 11 is 0. The Morgan fingerprint density at radius 1 is 1.16 bits per heavy atom. The van der Waals surface area contributed by atoms with Gasteiger partial charge in [-0.15, -0.1) is 0 Å². The number of nitrogens with one attached hydrogen (secondary N) is 1. The van der Waals surface area contributed by atoms with Gasteiger partial charge in [-0.2, -0.15) is 5.26 Å². The molecule has 0 aromatic heterocycles. The van der Waals surface area contributed by atoms with Gasteiger partial charge in [-0.1, -0.05) is 30.3 Å². The topological polar surface area (TPSA) is 35.8 Å². The van der Waals surface area contributed by atoms with Crippen LogP contribution >= 0.6 is 0 Å².